The number of benzene rings is 1. The molecule has 4 heterocycles. The summed E-state index contributed by atoms with van der Waals surface area (Å²) in [6, 6.07) is 2.51. The number of rotatable bonds is 5. The van der Waals surface area contributed by atoms with Gasteiger partial charge in [-0.05, 0) is 12.1 Å². The molecule has 7 N–H and O–H groups in total. The largest absolute Gasteiger partial charge is 0.387 e. The third-order valence-electron chi connectivity index (χ3n) is 6.46. The molecule has 0 radical (unpaired) electrons. The Morgan fingerprint density at radius 1 is 1.15 bits per heavy atom. The highest BCUT2D eigenvalue weighted by molar-refractivity contribution is 7.99. The van der Waals surface area contributed by atoms with Gasteiger partial charge in [0.1, 0.15) is 47.7 Å². The molecule has 2 aliphatic rings. The van der Waals surface area contributed by atoms with Crippen molar-refractivity contribution in [1.82, 2.24) is 19.3 Å². The Labute approximate surface area is 226 Å². The van der Waals surface area contributed by atoms with Gasteiger partial charge in [-0.1, -0.05) is 11.8 Å². The van der Waals surface area contributed by atoms with Gasteiger partial charge in [0.25, 0.3) is 10.2 Å². The van der Waals surface area contributed by atoms with Crippen LogP contribution in [0.2, 0.25) is 0 Å². The number of hydrogen-bond donors (Lipinski definition) is 5. The van der Waals surface area contributed by atoms with Crippen molar-refractivity contribution >= 4 is 44.5 Å². The van der Waals surface area contributed by atoms with E-state index in [0.29, 0.717) is 18.8 Å². The van der Waals surface area contributed by atoms with Gasteiger partial charge < -0.3 is 30.2 Å². The first-order valence-electron chi connectivity index (χ1n) is 11.8. The fourth-order valence-corrected chi connectivity index (χ4v) is 5.84. The molecule has 4 atom stereocenters. The van der Waals surface area contributed by atoms with E-state index in [0.717, 1.165) is 11.5 Å². The molecule has 16 heteroatoms. The van der Waals surface area contributed by atoms with Crippen LogP contribution in [0, 0.1) is 23.5 Å². The van der Waals surface area contributed by atoms with Crippen molar-refractivity contribution in [1.29, 1.82) is 0 Å². The summed E-state index contributed by atoms with van der Waals surface area (Å²) in [6.45, 7) is 0.980. The summed E-state index contributed by atoms with van der Waals surface area (Å²) < 4.78 is 61.4. The summed E-state index contributed by atoms with van der Waals surface area (Å²) in [5.74, 6) is 5.38. The Hall–Kier alpha value is -3.04. The maximum atomic E-state index is 14.9. The predicted octanol–water partition coefficient (Wildman–Crippen LogP) is -0.343. The molecular formula is C23H25F2N7O5S2. The minimum Gasteiger partial charge on any atom is -0.387 e. The number of aliphatic hydroxyl groups is 2. The van der Waals surface area contributed by atoms with Crippen LogP contribution >= 0.6 is 11.8 Å². The summed E-state index contributed by atoms with van der Waals surface area (Å²) in [5, 5.41) is 26.2. The molecule has 39 heavy (non-hydrogen) atoms. The van der Waals surface area contributed by atoms with Crippen molar-refractivity contribution in [2.45, 2.75) is 24.5 Å². The van der Waals surface area contributed by atoms with Gasteiger partial charge in [0.15, 0.2) is 6.23 Å². The monoisotopic (exact) mass is 581 g/mol. The van der Waals surface area contributed by atoms with Gasteiger partial charge in [0, 0.05) is 43.0 Å². The van der Waals surface area contributed by atoms with Crippen molar-refractivity contribution in [2.24, 2.45) is 5.14 Å². The fourth-order valence-electron chi connectivity index (χ4n) is 4.54. The van der Waals surface area contributed by atoms with Gasteiger partial charge in [-0.2, -0.15) is 24.9 Å². The molecule has 0 saturated carbocycles. The summed E-state index contributed by atoms with van der Waals surface area (Å²) in [5.41, 5.74) is 6.43. The average molecular weight is 582 g/mol. The summed E-state index contributed by atoms with van der Waals surface area (Å²) in [6.07, 6.45) is -2.78. The van der Waals surface area contributed by atoms with Gasteiger partial charge in [0.2, 0.25) is 0 Å². The first kappa shape index (κ1) is 27.5. The van der Waals surface area contributed by atoms with E-state index in [-0.39, 0.29) is 22.4 Å². The zero-order valence-electron chi connectivity index (χ0n) is 20.3. The number of nitrogens with one attached hydrogen (secondary N) is 1. The maximum absolute atomic E-state index is 14.9. The number of halogens is 2. The molecule has 3 aromatic rings. The predicted molar refractivity (Wildman–Crippen MR) is 141 cm³/mol. The van der Waals surface area contributed by atoms with Crippen LogP contribution < -0.4 is 20.5 Å². The van der Waals surface area contributed by atoms with E-state index in [9.17, 15) is 27.4 Å². The van der Waals surface area contributed by atoms with Crippen LogP contribution in [0.1, 0.15) is 17.4 Å². The standard InChI is InChI=1S/C23H25F2N7O5S2/c24-15-7-13(31-3-5-38-6-4-31)8-16(25)14(15)2-1-12-10-32(22-18(12)21(26)28-11-29-22)23-20(34)19(33)17(37-23)9-30-39(27,35)36/h7-8,10-11,17,19-20,23,30,33-34H,3-6,9H2,(H2,26,28,29)(H2,27,35,36)/t17-,19-,20-,23-/m1/s1. The topological polar surface area (TPSA) is 182 Å². The van der Waals surface area contributed by atoms with E-state index < -0.39 is 58.5 Å². The quantitative estimate of drug-likeness (QED) is 0.250. The molecule has 2 saturated heterocycles. The Morgan fingerprint density at radius 3 is 2.51 bits per heavy atom. The van der Waals surface area contributed by atoms with Crippen molar-refractivity contribution in [3.8, 4) is 11.8 Å². The highest BCUT2D eigenvalue weighted by atomic mass is 32.2. The molecule has 2 fully saturated rings. The van der Waals surface area contributed by atoms with Crippen molar-refractivity contribution < 1.29 is 32.1 Å². The second-order valence-corrected chi connectivity index (χ2v) is 11.6. The Balaban J connectivity index is 1.49. The fraction of sp³-hybridized carbons (Fsp3) is 0.391. The number of aromatic nitrogens is 3. The highest BCUT2D eigenvalue weighted by Gasteiger charge is 2.44. The van der Waals surface area contributed by atoms with Crippen LogP contribution in [0.5, 0.6) is 0 Å². The number of nitrogen functional groups attached to an aromatic ring is 1. The van der Waals surface area contributed by atoms with Crippen LogP contribution in [0.15, 0.2) is 24.7 Å². The Morgan fingerprint density at radius 2 is 1.85 bits per heavy atom. The van der Waals surface area contributed by atoms with Crippen LogP contribution in [0.3, 0.4) is 0 Å². The SMILES string of the molecule is Nc1ncnc2c1c(C#Cc1c(F)cc(N3CCSCC3)cc1F)cn2[C@@H]1O[C@H](CNS(N)(=O)=O)[C@@H](O)[C@H]1O. The number of thioether (sulfide) groups is 1. The maximum Gasteiger partial charge on any atom is 0.274 e. The first-order valence-corrected chi connectivity index (χ1v) is 14.5. The summed E-state index contributed by atoms with van der Waals surface area (Å²) in [7, 11) is -4.07. The molecule has 0 unspecified atom stereocenters. The van der Waals surface area contributed by atoms with Crippen LogP contribution in [0.25, 0.3) is 11.0 Å². The van der Waals surface area contributed by atoms with Crippen molar-refractivity contribution in [3.05, 3.63) is 47.4 Å². The molecule has 1 aromatic carbocycles. The van der Waals surface area contributed by atoms with Gasteiger partial charge >= 0.3 is 0 Å². The summed E-state index contributed by atoms with van der Waals surface area (Å²) in [4.78, 5) is 10.0. The van der Waals surface area contributed by atoms with E-state index in [1.807, 2.05) is 9.62 Å². The van der Waals surface area contributed by atoms with Gasteiger partial charge in [0.05, 0.1) is 16.5 Å². The lowest BCUT2D eigenvalue weighted by Gasteiger charge is -2.28. The first-order chi connectivity index (χ1) is 18.5. The van der Waals surface area contributed by atoms with E-state index in [1.165, 1.54) is 29.2 Å². The van der Waals surface area contributed by atoms with E-state index in [2.05, 4.69) is 21.8 Å². The van der Waals surface area contributed by atoms with Gasteiger partial charge in [-0.25, -0.2) is 23.9 Å². The normalized spacial score (nSPS) is 23.7. The Kier molecular flexibility index (Phi) is 7.66. The minimum atomic E-state index is -4.07. The van der Waals surface area contributed by atoms with E-state index in [1.54, 1.807) is 11.8 Å². The molecule has 2 aromatic heterocycles. The molecule has 12 nitrogen and oxygen atoms in total. The molecule has 0 amide bonds. The lowest BCUT2D eigenvalue weighted by Crippen LogP contribution is -2.42. The number of anilines is 2. The van der Waals surface area contributed by atoms with Crippen LogP contribution in [0.4, 0.5) is 20.3 Å². The third kappa shape index (κ3) is 5.65. The second kappa shape index (κ2) is 10.8. The highest BCUT2D eigenvalue weighted by Crippen LogP contribution is 2.34. The molecule has 0 aliphatic carbocycles. The van der Waals surface area contributed by atoms with E-state index in [4.69, 9.17) is 15.6 Å². The molecule has 2 aliphatic heterocycles. The number of fused-ring (bicyclic) bond motifs is 1. The molecule has 5 rings (SSSR count). The average Bonchev–Trinajstić information content (AvgIpc) is 3.40. The number of nitrogens with zero attached hydrogens (tertiary/aromatic N) is 4. The molecule has 0 spiro atoms. The minimum absolute atomic E-state index is 0.0165. The van der Waals surface area contributed by atoms with Crippen molar-refractivity contribution in [2.75, 3.05) is 41.8 Å². The lowest BCUT2D eigenvalue weighted by molar-refractivity contribution is -0.0327. The molecular weight excluding hydrogens is 556 g/mol. The van der Waals surface area contributed by atoms with E-state index >= 15 is 0 Å². The van der Waals surface area contributed by atoms with Crippen LogP contribution in [-0.2, 0) is 14.9 Å². The zero-order chi connectivity index (χ0) is 27.9. The van der Waals surface area contributed by atoms with Gasteiger partial charge in [-0.15, -0.1) is 0 Å². The third-order valence-corrected chi connectivity index (χ3v) is 7.97. The number of ether oxygens (including phenoxy) is 1. The summed E-state index contributed by atoms with van der Waals surface area (Å²) >= 11 is 1.78. The lowest BCUT2D eigenvalue weighted by atomic mass is 10.1. The smallest absolute Gasteiger partial charge is 0.274 e. The number of aliphatic hydroxyl groups excluding tert-OH is 2. The Bertz CT molecular complexity index is 1550. The molecule has 0 bridgehead atoms. The van der Waals surface area contributed by atoms with Crippen molar-refractivity contribution in [3.63, 3.8) is 0 Å². The number of hydrogen-bond acceptors (Lipinski definition) is 10. The number of nitrogens with two attached hydrogens (primary N) is 2. The van der Waals surface area contributed by atoms with Gasteiger partial charge in [-0.3, -0.25) is 0 Å². The zero-order valence-corrected chi connectivity index (χ0v) is 21.9. The molecule has 208 valence electrons. The van der Waals surface area contributed by atoms with Crippen LogP contribution in [-0.4, -0.2) is 82.6 Å². The second-order valence-electron chi connectivity index (χ2n) is 8.98.